The first-order valence-electron chi connectivity index (χ1n) is 6.33. The van der Waals surface area contributed by atoms with E-state index in [-0.39, 0.29) is 17.6 Å². The molecule has 0 spiro atoms. The van der Waals surface area contributed by atoms with Crippen molar-refractivity contribution in [2.24, 2.45) is 0 Å². The lowest BCUT2D eigenvalue weighted by Crippen LogP contribution is -2.45. The van der Waals surface area contributed by atoms with Crippen LogP contribution < -0.4 is 10.1 Å². The average Bonchev–Trinajstić information content (AvgIpc) is 2.80. The van der Waals surface area contributed by atoms with Crippen molar-refractivity contribution in [3.8, 4) is 5.75 Å². The van der Waals surface area contributed by atoms with E-state index in [0.29, 0.717) is 6.04 Å². The lowest BCUT2D eigenvalue weighted by Gasteiger charge is -2.26. The summed E-state index contributed by atoms with van der Waals surface area (Å²) < 4.78 is 27.8. The van der Waals surface area contributed by atoms with Crippen molar-refractivity contribution in [3.05, 3.63) is 29.8 Å². The first kappa shape index (κ1) is 12.0. The first-order valence-corrected chi connectivity index (χ1v) is 8.15. The summed E-state index contributed by atoms with van der Waals surface area (Å²) in [6, 6.07) is 8.39. The monoisotopic (exact) mass is 267 g/mol. The average molecular weight is 267 g/mol. The Morgan fingerprint density at radius 1 is 1.28 bits per heavy atom. The minimum atomic E-state index is -2.81. The smallest absolute Gasteiger partial charge is 0.157 e. The van der Waals surface area contributed by atoms with Crippen LogP contribution in [-0.2, 0) is 9.84 Å². The van der Waals surface area contributed by atoms with Crippen molar-refractivity contribution in [2.45, 2.75) is 25.0 Å². The van der Waals surface area contributed by atoms with Crippen LogP contribution in [0.4, 0.5) is 0 Å². The molecule has 0 bridgehead atoms. The molecule has 0 aromatic heterocycles. The molecule has 18 heavy (non-hydrogen) atoms. The zero-order chi connectivity index (χ0) is 12.6. The standard InChI is InChI=1S/C13H17NO3S/c15-18(16)8-12(9-18)17-11-4-1-3-10(7-11)13-5-2-6-14-13/h1,3-4,7,12-14H,2,5-6,8-9H2. The van der Waals surface area contributed by atoms with E-state index in [1.807, 2.05) is 18.2 Å². The molecular weight excluding hydrogens is 250 g/mol. The number of hydrogen-bond donors (Lipinski definition) is 1. The Hall–Kier alpha value is -1.07. The van der Waals surface area contributed by atoms with Crippen molar-refractivity contribution in [2.75, 3.05) is 18.1 Å². The zero-order valence-corrected chi connectivity index (χ0v) is 10.9. The highest BCUT2D eigenvalue weighted by molar-refractivity contribution is 7.92. The molecule has 98 valence electrons. The van der Waals surface area contributed by atoms with Crippen LogP contribution in [0.1, 0.15) is 24.4 Å². The van der Waals surface area contributed by atoms with Gasteiger partial charge in [0.2, 0.25) is 0 Å². The summed E-state index contributed by atoms with van der Waals surface area (Å²) >= 11 is 0. The van der Waals surface area contributed by atoms with Crippen LogP contribution in [-0.4, -0.2) is 32.6 Å². The van der Waals surface area contributed by atoms with E-state index >= 15 is 0 Å². The Bertz CT molecular complexity index is 523. The van der Waals surface area contributed by atoms with Gasteiger partial charge in [0.15, 0.2) is 9.84 Å². The van der Waals surface area contributed by atoms with Crippen molar-refractivity contribution >= 4 is 9.84 Å². The summed E-state index contributed by atoms with van der Waals surface area (Å²) in [6.45, 7) is 1.07. The molecule has 0 saturated carbocycles. The fourth-order valence-electron chi connectivity index (χ4n) is 2.55. The van der Waals surface area contributed by atoms with Crippen molar-refractivity contribution in [1.29, 1.82) is 0 Å². The summed E-state index contributed by atoms with van der Waals surface area (Å²) in [5.41, 5.74) is 1.23. The molecule has 1 atom stereocenters. The van der Waals surface area contributed by atoms with Gasteiger partial charge >= 0.3 is 0 Å². The Kier molecular flexibility index (Phi) is 3.03. The van der Waals surface area contributed by atoms with E-state index in [2.05, 4.69) is 11.4 Å². The van der Waals surface area contributed by atoms with Crippen molar-refractivity contribution < 1.29 is 13.2 Å². The number of hydrogen-bond acceptors (Lipinski definition) is 4. The molecule has 2 saturated heterocycles. The number of nitrogens with one attached hydrogen (secondary N) is 1. The molecular formula is C13H17NO3S. The number of rotatable bonds is 3. The lowest BCUT2D eigenvalue weighted by molar-refractivity contribution is 0.230. The van der Waals surface area contributed by atoms with Gasteiger partial charge in [0.25, 0.3) is 0 Å². The highest BCUT2D eigenvalue weighted by atomic mass is 32.2. The summed E-state index contributed by atoms with van der Waals surface area (Å²) in [6.07, 6.45) is 2.19. The van der Waals surface area contributed by atoms with Crippen LogP contribution in [0.25, 0.3) is 0 Å². The van der Waals surface area contributed by atoms with E-state index in [4.69, 9.17) is 4.74 Å². The molecule has 0 aliphatic carbocycles. The molecule has 1 N–H and O–H groups in total. The fourth-order valence-corrected chi connectivity index (χ4v) is 3.72. The van der Waals surface area contributed by atoms with E-state index in [1.165, 1.54) is 12.0 Å². The first-order chi connectivity index (χ1) is 8.62. The Balaban J connectivity index is 1.67. The van der Waals surface area contributed by atoms with Crippen LogP contribution >= 0.6 is 0 Å². The molecule has 4 nitrogen and oxygen atoms in total. The van der Waals surface area contributed by atoms with Gasteiger partial charge in [-0.05, 0) is 37.1 Å². The van der Waals surface area contributed by atoms with Gasteiger partial charge < -0.3 is 10.1 Å². The molecule has 3 rings (SSSR count). The summed E-state index contributed by atoms with van der Waals surface area (Å²) in [5.74, 6) is 1.08. The normalized spacial score (nSPS) is 26.8. The molecule has 1 aromatic carbocycles. The van der Waals surface area contributed by atoms with Gasteiger partial charge in [-0.2, -0.15) is 0 Å². The lowest BCUT2D eigenvalue weighted by atomic mass is 10.1. The third-order valence-corrected chi connectivity index (χ3v) is 5.26. The van der Waals surface area contributed by atoms with Gasteiger partial charge in [-0.25, -0.2) is 8.42 Å². The van der Waals surface area contributed by atoms with Gasteiger partial charge in [-0.1, -0.05) is 12.1 Å². The van der Waals surface area contributed by atoms with E-state index in [0.717, 1.165) is 18.7 Å². The van der Waals surface area contributed by atoms with Crippen LogP contribution in [0.3, 0.4) is 0 Å². The predicted molar refractivity (Wildman–Crippen MR) is 69.5 cm³/mol. The van der Waals surface area contributed by atoms with E-state index in [9.17, 15) is 8.42 Å². The topological polar surface area (TPSA) is 55.4 Å². The maximum absolute atomic E-state index is 11.1. The third kappa shape index (κ3) is 2.52. The van der Waals surface area contributed by atoms with Crippen molar-refractivity contribution in [1.82, 2.24) is 5.32 Å². The second kappa shape index (κ2) is 4.55. The largest absolute Gasteiger partial charge is 0.488 e. The predicted octanol–water partition coefficient (Wildman–Crippen LogP) is 1.29. The maximum Gasteiger partial charge on any atom is 0.157 e. The third-order valence-electron chi connectivity index (χ3n) is 3.50. The number of benzene rings is 1. The highest BCUT2D eigenvalue weighted by Crippen LogP contribution is 2.27. The van der Waals surface area contributed by atoms with Gasteiger partial charge in [-0.15, -0.1) is 0 Å². The van der Waals surface area contributed by atoms with Crippen LogP contribution in [0.5, 0.6) is 5.75 Å². The molecule has 1 aromatic rings. The second-order valence-corrected chi connectivity index (χ2v) is 7.19. The quantitative estimate of drug-likeness (QED) is 0.896. The summed E-state index contributed by atoms with van der Waals surface area (Å²) in [5, 5.41) is 3.44. The summed E-state index contributed by atoms with van der Waals surface area (Å²) in [4.78, 5) is 0. The Labute approximate surface area is 107 Å². The molecule has 0 radical (unpaired) electrons. The van der Waals surface area contributed by atoms with Gasteiger partial charge in [-0.3, -0.25) is 0 Å². The van der Waals surface area contributed by atoms with Gasteiger partial charge in [0, 0.05) is 6.04 Å². The molecule has 2 aliphatic rings. The molecule has 2 fully saturated rings. The van der Waals surface area contributed by atoms with Gasteiger partial charge in [0.05, 0.1) is 11.5 Å². The highest BCUT2D eigenvalue weighted by Gasteiger charge is 2.35. The summed E-state index contributed by atoms with van der Waals surface area (Å²) in [7, 11) is -2.81. The molecule has 5 heteroatoms. The molecule has 2 aliphatic heterocycles. The van der Waals surface area contributed by atoms with Gasteiger partial charge in [0.1, 0.15) is 11.9 Å². The zero-order valence-electron chi connectivity index (χ0n) is 10.1. The Morgan fingerprint density at radius 2 is 2.11 bits per heavy atom. The number of sulfone groups is 1. The minimum absolute atomic E-state index is 0.152. The second-order valence-electron chi connectivity index (χ2n) is 5.04. The van der Waals surface area contributed by atoms with Crippen LogP contribution in [0, 0.1) is 0 Å². The van der Waals surface area contributed by atoms with Crippen LogP contribution in [0.2, 0.25) is 0 Å². The SMILES string of the molecule is O=S1(=O)CC(Oc2cccc(C3CCCN3)c2)C1. The molecule has 1 unspecified atom stereocenters. The minimum Gasteiger partial charge on any atom is -0.488 e. The number of ether oxygens (including phenoxy) is 1. The Morgan fingerprint density at radius 3 is 2.78 bits per heavy atom. The molecule has 0 amide bonds. The fraction of sp³-hybridized carbons (Fsp3) is 0.538. The maximum atomic E-state index is 11.1. The van der Waals surface area contributed by atoms with Crippen molar-refractivity contribution in [3.63, 3.8) is 0 Å². The van der Waals surface area contributed by atoms with E-state index in [1.54, 1.807) is 0 Å². The van der Waals surface area contributed by atoms with E-state index < -0.39 is 9.84 Å². The molecule has 2 heterocycles. The van der Waals surface area contributed by atoms with Crippen LogP contribution in [0.15, 0.2) is 24.3 Å².